The predicted octanol–water partition coefficient (Wildman–Crippen LogP) is -0.0144. The Morgan fingerprint density at radius 3 is 2.57 bits per heavy atom. The van der Waals surface area contributed by atoms with Crippen LogP contribution in [0.1, 0.15) is 26.7 Å². The highest BCUT2D eigenvalue weighted by Crippen LogP contribution is 2.37. The summed E-state index contributed by atoms with van der Waals surface area (Å²) in [6, 6.07) is 0.319. The van der Waals surface area contributed by atoms with Crippen molar-refractivity contribution in [2.75, 3.05) is 39.4 Å². The van der Waals surface area contributed by atoms with Gasteiger partial charge in [0, 0.05) is 44.6 Å². The highest BCUT2D eigenvalue weighted by atomic mass is 16.5. The zero-order valence-electron chi connectivity index (χ0n) is 13.1. The minimum atomic E-state index is -0.000690. The molecule has 2 rings (SSSR count). The lowest BCUT2D eigenvalue weighted by Crippen LogP contribution is -2.47. The van der Waals surface area contributed by atoms with Gasteiger partial charge in [-0.15, -0.1) is 0 Å². The van der Waals surface area contributed by atoms with Crippen molar-refractivity contribution in [2.45, 2.75) is 32.7 Å². The van der Waals surface area contributed by atoms with Crippen molar-refractivity contribution < 1.29 is 14.3 Å². The molecule has 1 heterocycles. The lowest BCUT2D eigenvalue weighted by molar-refractivity contribution is -0.123. The van der Waals surface area contributed by atoms with Gasteiger partial charge in [-0.25, -0.2) is 0 Å². The molecule has 6 nitrogen and oxygen atoms in total. The quantitative estimate of drug-likeness (QED) is 0.693. The normalized spacial score (nSPS) is 27.0. The lowest BCUT2D eigenvalue weighted by atomic mass is 10.2. The molecule has 0 aromatic carbocycles. The second kappa shape index (κ2) is 7.75. The van der Waals surface area contributed by atoms with E-state index in [9.17, 15) is 9.59 Å². The van der Waals surface area contributed by atoms with E-state index in [0.29, 0.717) is 31.5 Å². The molecule has 0 aromatic heterocycles. The first kappa shape index (κ1) is 16.2. The van der Waals surface area contributed by atoms with E-state index in [0.717, 1.165) is 32.7 Å². The van der Waals surface area contributed by atoms with Crippen LogP contribution in [0.4, 0.5) is 0 Å². The lowest BCUT2D eigenvalue weighted by Gasteiger charge is -2.32. The van der Waals surface area contributed by atoms with Gasteiger partial charge in [0.25, 0.3) is 0 Å². The molecule has 0 aromatic rings. The Labute approximate surface area is 126 Å². The van der Waals surface area contributed by atoms with Gasteiger partial charge in [-0.05, 0) is 19.3 Å². The van der Waals surface area contributed by atoms with E-state index in [1.807, 2.05) is 0 Å². The second-order valence-electron chi connectivity index (χ2n) is 6.16. The number of rotatable bonds is 7. The minimum Gasteiger partial charge on any atom is -0.379 e. The summed E-state index contributed by atoms with van der Waals surface area (Å²) < 4.78 is 5.31. The maximum absolute atomic E-state index is 11.8. The second-order valence-corrected chi connectivity index (χ2v) is 6.16. The van der Waals surface area contributed by atoms with Gasteiger partial charge in [0.2, 0.25) is 11.8 Å². The summed E-state index contributed by atoms with van der Waals surface area (Å²) in [5.74, 6) is 0.777. The Morgan fingerprint density at radius 1 is 1.29 bits per heavy atom. The Kier molecular flexibility index (Phi) is 5.99. The molecule has 3 atom stereocenters. The third kappa shape index (κ3) is 5.28. The third-order valence-corrected chi connectivity index (χ3v) is 4.36. The maximum Gasteiger partial charge on any atom is 0.223 e. The number of carbonyl (C=O) groups excluding carboxylic acids is 2. The summed E-state index contributed by atoms with van der Waals surface area (Å²) in [4.78, 5) is 25.7. The molecule has 0 radical (unpaired) electrons. The van der Waals surface area contributed by atoms with Crippen LogP contribution in [0.2, 0.25) is 0 Å². The van der Waals surface area contributed by atoms with Crippen LogP contribution in [-0.2, 0) is 14.3 Å². The van der Waals surface area contributed by atoms with Gasteiger partial charge >= 0.3 is 0 Å². The van der Waals surface area contributed by atoms with Gasteiger partial charge in [0.1, 0.15) is 0 Å². The Balaban J connectivity index is 1.53. The molecule has 1 saturated heterocycles. The van der Waals surface area contributed by atoms with E-state index in [2.05, 4.69) is 29.4 Å². The highest BCUT2D eigenvalue weighted by molar-refractivity contribution is 5.82. The van der Waals surface area contributed by atoms with E-state index >= 15 is 0 Å². The van der Waals surface area contributed by atoms with Crippen LogP contribution in [0, 0.1) is 11.8 Å². The summed E-state index contributed by atoms with van der Waals surface area (Å²) in [6.45, 7) is 8.64. The van der Waals surface area contributed by atoms with Crippen molar-refractivity contribution in [3.8, 4) is 0 Å². The van der Waals surface area contributed by atoms with Gasteiger partial charge in [-0.1, -0.05) is 6.92 Å². The summed E-state index contributed by atoms with van der Waals surface area (Å²) in [5, 5.41) is 5.76. The van der Waals surface area contributed by atoms with Gasteiger partial charge in [-0.3, -0.25) is 14.5 Å². The number of hydrogen-bond donors (Lipinski definition) is 2. The molecule has 0 unspecified atom stereocenters. The van der Waals surface area contributed by atoms with Crippen molar-refractivity contribution in [3.05, 3.63) is 0 Å². The SMILES string of the molecule is C[C@@H]1C[C@@H]1C(=O)NCCC(=O)NC[C@@H](C)N1CCOCC1. The molecule has 1 saturated carbocycles. The van der Waals surface area contributed by atoms with Gasteiger partial charge in [-0.2, -0.15) is 0 Å². The van der Waals surface area contributed by atoms with Crippen molar-refractivity contribution in [2.24, 2.45) is 11.8 Å². The molecule has 2 amide bonds. The van der Waals surface area contributed by atoms with Crippen molar-refractivity contribution in [1.82, 2.24) is 15.5 Å². The zero-order chi connectivity index (χ0) is 15.2. The molecule has 2 aliphatic rings. The van der Waals surface area contributed by atoms with Crippen molar-refractivity contribution >= 4 is 11.8 Å². The summed E-state index contributed by atoms with van der Waals surface area (Å²) >= 11 is 0. The van der Waals surface area contributed by atoms with Gasteiger partial charge in [0.15, 0.2) is 0 Å². The van der Waals surface area contributed by atoms with E-state index < -0.39 is 0 Å². The molecule has 6 heteroatoms. The van der Waals surface area contributed by atoms with Crippen LogP contribution in [0.15, 0.2) is 0 Å². The predicted molar refractivity (Wildman–Crippen MR) is 79.8 cm³/mol. The standard InChI is InChI=1S/C15H27N3O3/c1-11-9-13(11)15(20)16-4-3-14(19)17-10-12(2)18-5-7-21-8-6-18/h11-13H,3-10H2,1-2H3,(H,16,20)(H,17,19)/t11-,12-,13+/m1/s1. The summed E-state index contributed by atoms with van der Waals surface area (Å²) in [6.07, 6.45) is 1.33. The molecule has 2 N–H and O–H groups in total. The van der Waals surface area contributed by atoms with E-state index in [1.54, 1.807) is 0 Å². The van der Waals surface area contributed by atoms with Crippen LogP contribution >= 0.6 is 0 Å². The largest absolute Gasteiger partial charge is 0.379 e. The molecule has 0 bridgehead atoms. The number of hydrogen-bond acceptors (Lipinski definition) is 4. The number of carbonyl (C=O) groups is 2. The molecule has 1 aliphatic heterocycles. The minimum absolute atomic E-state index is 0.000690. The average molecular weight is 297 g/mol. The molecular weight excluding hydrogens is 270 g/mol. The fourth-order valence-electron chi connectivity index (χ4n) is 2.62. The Morgan fingerprint density at radius 2 is 1.95 bits per heavy atom. The number of amides is 2. The average Bonchev–Trinajstić information content (AvgIpc) is 3.22. The number of nitrogens with zero attached hydrogens (tertiary/aromatic N) is 1. The number of ether oxygens (including phenoxy) is 1. The van der Waals surface area contributed by atoms with E-state index in [1.165, 1.54) is 0 Å². The molecule has 21 heavy (non-hydrogen) atoms. The highest BCUT2D eigenvalue weighted by Gasteiger charge is 2.38. The molecule has 1 aliphatic carbocycles. The maximum atomic E-state index is 11.8. The topological polar surface area (TPSA) is 70.7 Å². The molecule has 120 valence electrons. The van der Waals surface area contributed by atoms with Crippen molar-refractivity contribution in [3.63, 3.8) is 0 Å². The summed E-state index contributed by atoms with van der Waals surface area (Å²) in [7, 11) is 0. The van der Waals surface area contributed by atoms with E-state index in [-0.39, 0.29) is 17.7 Å². The van der Waals surface area contributed by atoms with Gasteiger partial charge < -0.3 is 15.4 Å². The monoisotopic (exact) mass is 297 g/mol. The van der Waals surface area contributed by atoms with Crippen LogP contribution in [0.25, 0.3) is 0 Å². The third-order valence-electron chi connectivity index (χ3n) is 4.36. The van der Waals surface area contributed by atoms with Crippen LogP contribution < -0.4 is 10.6 Å². The van der Waals surface area contributed by atoms with Crippen LogP contribution in [0.3, 0.4) is 0 Å². The van der Waals surface area contributed by atoms with Gasteiger partial charge in [0.05, 0.1) is 13.2 Å². The smallest absolute Gasteiger partial charge is 0.223 e. The zero-order valence-corrected chi connectivity index (χ0v) is 13.1. The molecular formula is C15H27N3O3. The summed E-state index contributed by atoms with van der Waals surface area (Å²) in [5.41, 5.74) is 0. The molecule has 2 fully saturated rings. The molecule has 0 spiro atoms. The first-order valence-corrected chi connectivity index (χ1v) is 7.94. The fraction of sp³-hybridized carbons (Fsp3) is 0.867. The van der Waals surface area contributed by atoms with E-state index in [4.69, 9.17) is 4.74 Å². The number of morpholine rings is 1. The number of nitrogens with one attached hydrogen (secondary N) is 2. The van der Waals surface area contributed by atoms with Crippen LogP contribution in [-0.4, -0.2) is 62.1 Å². The van der Waals surface area contributed by atoms with Crippen LogP contribution in [0.5, 0.6) is 0 Å². The fourth-order valence-corrected chi connectivity index (χ4v) is 2.62. The Bertz CT molecular complexity index is 369. The van der Waals surface area contributed by atoms with Crippen molar-refractivity contribution in [1.29, 1.82) is 0 Å². The first-order chi connectivity index (χ1) is 10.1. The first-order valence-electron chi connectivity index (χ1n) is 7.94. The Hall–Kier alpha value is -1.14.